The highest BCUT2D eigenvalue weighted by atomic mass is 16.5. The minimum Gasteiger partial charge on any atom is -0.493 e. The first-order chi connectivity index (χ1) is 16.9. The van der Waals surface area contributed by atoms with Crippen LogP contribution in [0.2, 0.25) is 0 Å². The maximum absolute atomic E-state index is 13.2. The molecule has 0 unspecified atom stereocenters. The zero-order valence-electron chi connectivity index (χ0n) is 20.4. The lowest BCUT2D eigenvalue weighted by atomic mass is 10.1. The van der Waals surface area contributed by atoms with E-state index in [0.717, 1.165) is 17.5 Å². The van der Waals surface area contributed by atoms with Gasteiger partial charge in [0.05, 0.1) is 20.8 Å². The van der Waals surface area contributed by atoms with E-state index in [2.05, 4.69) is 4.98 Å². The van der Waals surface area contributed by atoms with Crippen molar-refractivity contribution in [2.24, 2.45) is 0 Å². The van der Waals surface area contributed by atoms with Gasteiger partial charge in [0.15, 0.2) is 17.2 Å². The quantitative estimate of drug-likeness (QED) is 0.435. The zero-order valence-corrected chi connectivity index (χ0v) is 20.4. The van der Waals surface area contributed by atoms with Crippen molar-refractivity contribution in [2.45, 2.75) is 39.2 Å². The van der Waals surface area contributed by atoms with Crippen molar-refractivity contribution in [1.29, 1.82) is 0 Å². The SMILES string of the molecule is CCCCC(=O)N(CCc1ccc(OC)c(OC)c1)c1c(N)n(Cc2ccccc2)c(=O)[nH]c1=O. The lowest BCUT2D eigenvalue weighted by molar-refractivity contribution is -0.118. The molecule has 0 aliphatic rings. The number of carbonyl (C=O) groups is 1. The Bertz CT molecular complexity index is 1270. The van der Waals surface area contributed by atoms with Crippen molar-refractivity contribution in [3.63, 3.8) is 0 Å². The van der Waals surface area contributed by atoms with E-state index in [0.29, 0.717) is 24.3 Å². The van der Waals surface area contributed by atoms with E-state index in [9.17, 15) is 14.4 Å². The fourth-order valence-electron chi connectivity index (χ4n) is 3.86. The number of nitrogens with two attached hydrogens (primary N) is 1. The zero-order chi connectivity index (χ0) is 25.4. The maximum atomic E-state index is 13.2. The average molecular weight is 481 g/mol. The van der Waals surface area contributed by atoms with Crippen molar-refractivity contribution in [3.8, 4) is 11.5 Å². The maximum Gasteiger partial charge on any atom is 0.330 e. The van der Waals surface area contributed by atoms with Gasteiger partial charge in [-0.15, -0.1) is 0 Å². The van der Waals surface area contributed by atoms with Gasteiger partial charge in [0.25, 0.3) is 5.56 Å². The van der Waals surface area contributed by atoms with E-state index in [1.165, 1.54) is 9.47 Å². The van der Waals surface area contributed by atoms with Crippen LogP contribution < -0.4 is 31.4 Å². The van der Waals surface area contributed by atoms with Crippen LogP contribution in [0.3, 0.4) is 0 Å². The van der Waals surface area contributed by atoms with Gasteiger partial charge in [-0.1, -0.05) is 49.7 Å². The number of nitrogens with one attached hydrogen (secondary N) is 1. The highest BCUT2D eigenvalue weighted by molar-refractivity contribution is 5.95. The molecule has 9 heteroatoms. The molecule has 0 spiro atoms. The number of aromatic nitrogens is 2. The number of H-pyrrole nitrogens is 1. The Morgan fingerprint density at radius 2 is 1.74 bits per heavy atom. The molecule has 0 saturated carbocycles. The number of ether oxygens (including phenoxy) is 2. The fourth-order valence-corrected chi connectivity index (χ4v) is 3.86. The Balaban J connectivity index is 1.99. The first-order valence-electron chi connectivity index (χ1n) is 11.6. The summed E-state index contributed by atoms with van der Waals surface area (Å²) >= 11 is 0. The summed E-state index contributed by atoms with van der Waals surface area (Å²) in [6, 6.07) is 14.8. The largest absolute Gasteiger partial charge is 0.493 e. The highest BCUT2D eigenvalue weighted by Crippen LogP contribution is 2.28. The van der Waals surface area contributed by atoms with Gasteiger partial charge in [-0.05, 0) is 36.1 Å². The van der Waals surface area contributed by atoms with Crippen LogP contribution in [0.15, 0.2) is 58.1 Å². The first kappa shape index (κ1) is 25.6. The van der Waals surface area contributed by atoms with Crippen LogP contribution >= 0.6 is 0 Å². The topological polar surface area (TPSA) is 120 Å². The number of hydrogen-bond donors (Lipinski definition) is 2. The summed E-state index contributed by atoms with van der Waals surface area (Å²) in [5, 5.41) is 0. The number of hydrogen-bond acceptors (Lipinski definition) is 6. The van der Waals surface area contributed by atoms with Gasteiger partial charge in [-0.3, -0.25) is 19.1 Å². The number of nitrogen functional groups attached to an aromatic ring is 1. The van der Waals surface area contributed by atoms with Crippen molar-refractivity contribution in [3.05, 3.63) is 80.5 Å². The van der Waals surface area contributed by atoms with Crippen LogP contribution in [0, 0.1) is 0 Å². The van der Waals surface area contributed by atoms with E-state index < -0.39 is 11.2 Å². The van der Waals surface area contributed by atoms with Crippen LogP contribution in [-0.4, -0.2) is 36.2 Å². The van der Waals surface area contributed by atoms with E-state index in [1.807, 2.05) is 49.4 Å². The van der Waals surface area contributed by atoms with Crippen molar-refractivity contribution in [2.75, 3.05) is 31.4 Å². The Hall–Kier alpha value is -4.01. The molecular formula is C26H32N4O5. The summed E-state index contributed by atoms with van der Waals surface area (Å²) in [7, 11) is 3.11. The van der Waals surface area contributed by atoms with Gasteiger partial charge in [0.1, 0.15) is 5.82 Å². The van der Waals surface area contributed by atoms with Crippen LogP contribution in [0.5, 0.6) is 11.5 Å². The normalized spacial score (nSPS) is 10.7. The summed E-state index contributed by atoms with van der Waals surface area (Å²) in [6.45, 7) is 2.36. The lowest BCUT2D eigenvalue weighted by Crippen LogP contribution is -2.42. The fraction of sp³-hybridized carbons (Fsp3) is 0.346. The molecule has 3 rings (SSSR count). The molecule has 3 aromatic rings. The Kier molecular flexibility index (Phi) is 8.72. The Labute approximate surface area is 204 Å². The third kappa shape index (κ3) is 6.11. The van der Waals surface area contributed by atoms with E-state index in [1.54, 1.807) is 20.3 Å². The van der Waals surface area contributed by atoms with Gasteiger partial charge in [0.2, 0.25) is 5.91 Å². The second kappa shape index (κ2) is 11.9. The Morgan fingerprint density at radius 1 is 1.03 bits per heavy atom. The molecule has 0 saturated heterocycles. The third-order valence-corrected chi connectivity index (χ3v) is 5.78. The molecule has 0 fully saturated rings. The number of nitrogens with zero attached hydrogens (tertiary/aromatic N) is 2. The van der Waals surface area contributed by atoms with Crippen LogP contribution in [0.25, 0.3) is 0 Å². The second-order valence-electron chi connectivity index (χ2n) is 8.15. The van der Waals surface area contributed by atoms with Gasteiger partial charge < -0.3 is 20.1 Å². The van der Waals surface area contributed by atoms with Gasteiger partial charge in [-0.25, -0.2) is 4.79 Å². The molecule has 0 atom stereocenters. The molecule has 1 amide bonds. The molecule has 0 bridgehead atoms. The summed E-state index contributed by atoms with van der Waals surface area (Å²) in [4.78, 5) is 42.4. The molecule has 1 aromatic heterocycles. The predicted molar refractivity (Wildman–Crippen MR) is 136 cm³/mol. The minimum atomic E-state index is -0.686. The standard InChI is InChI=1S/C26H32N4O5/c1-4-5-11-22(31)29(15-14-18-12-13-20(34-2)21(16-18)35-3)23-24(27)30(26(33)28-25(23)32)17-19-9-7-6-8-10-19/h6-10,12-13,16H,4-5,11,14-15,17,27H2,1-3H3,(H,28,32,33). The van der Waals surface area contributed by atoms with Gasteiger partial charge >= 0.3 is 5.69 Å². The molecular weight excluding hydrogens is 448 g/mol. The predicted octanol–water partition coefficient (Wildman–Crippen LogP) is 2.95. The van der Waals surface area contributed by atoms with Crippen molar-refractivity contribution in [1.82, 2.24) is 9.55 Å². The number of aromatic amines is 1. The second-order valence-corrected chi connectivity index (χ2v) is 8.15. The number of unbranched alkanes of at least 4 members (excludes halogenated alkanes) is 1. The van der Waals surface area contributed by atoms with Crippen molar-refractivity contribution < 1.29 is 14.3 Å². The lowest BCUT2D eigenvalue weighted by Gasteiger charge is -2.25. The molecule has 3 N–H and O–H groups in total. The summed E-state index contributed by atoms with van der Waals surface area (Å²) in [5.74, 6) is 0.901. The number of methoxy groups -OCH3 is 2. The van der Waals surface area contributed by atoms with Crippen LogP contribution in [-0.2, 0) is 17.8 Å². The smallest absolute Gasteiger partial charge is 0.330 e. The van der Waals surface area contributed by atoms with E-state index in [-0.39, 0.29) is 36.9 Å². The molecule has 0 radical (unpaired) electrons. The average Bonchev–Trinajstić information content (AvgIpc) is 2.87. The molecule has 2 aromatic carbocycles. The molecule has 35 heavy (non-hydrogen) atoms. The third-order valence-electron chi connectivity index (χ3n) is 5.78. The molecule has 0 aliphatic heterocycles. The van der Waals surface area contributed by atoms with Gasteiger partial charge in [0, 0.05) is 13.0 Å². The monoisotopic (exact) mass is 480 g/mol. The summed E-state index contributed by atoms with van der Waals surface area (Å²) in [5.41, 5.74) is 6.78. The van der Waals surface area contributed by atoms with Crippen LogP contribution in [0.4, 0.5) is 11.5 Å². The molecule has 186 valence electrons. The highest BCUT2D eigenvalue weighted by Gasteiger charge is 2.24. The summed E-state index contributed by atoms with van der Waals surface area (Å²) < 4.78 is 11.9. The Morgan fingerprint density at radius 3 is 2.40 bits per heavy atom. The van der Waals surface area contributed by atoms with Crippen molar-refractivity contribution >= 4 is 17.4 Å². The van der Waals surface area contributed by atoms with E-state index in [4.69, 9.17) is 15.2 Å². The number of carbonyl (C=O) groups excluding carboxylic acids is 1. The van der Waals surface area contributed by atoms with Gasteiger partial charge in [-0.2, -0.15) is 0 Å². The first-order valence-corrected chi connectivity index (χ1v) is 11.6. The molecule has 1 heterocycles. The minimum absolute atomic E-state index is 0.0119. The molecule has 0 aliphatic carbocycles. The summed E-state index contributed by atoms with van der Waals surface area (Å²) in [6.07, 6.45) is 2.20. The number of rotatable bonds is 11. The number of amides is 1. The number of anilines is 2. The number of benzene rings is 2. The van der Waals surface area contributed by atoms with Crippen LogP contribution in [0.1, 0.15) is 37.3 Å². The van der Waals surface area contributed by atoms with E-state index >= 15 is 0 Å². The molecule has 9 nitrogen and oxygen atoms in total.